The van der Waals surface area contributed by atoms with E-state index in [0.717, 1.165) is 54.8 Å². The van der Waals surface area contributed by atoms with Gasteiger partial charge in [0.2, 0.25) is 5.95 Å². The molecule has 0 atom stereocenters. The Morgan fingerprint density at radius 3 is 2.31 bits per heavy atom. The Kier molecular flexibility index (Phi) is 4.68. The number of anilines is 3. The van der Waals surface area contributed by atoms with E-state index in [0.29, 0.717) is 5.92 Å². The molecule has 0 radical (unpaired) electrons. The van der Waals surface area contributed by atoms with Gasteiger partial charge in [0, 0.05) is 50.0 Å². The van der Waals surface area contributed by atoms with Crippen molar-refractivity contribution < 1.29 is 0 Å². The highest BCUT2D eigenvalue weighted by Crippen LogP contribution is 2.32. The van der Waals surface area contributed by atoms with Crippen molar-refractivity contribution in [3.8, 4) is 0 Å². The van der Waals surface area contributed by atoms with Crippen LogP contribution in [0.1, 0.15) is 30.0 Å². The monoisotopic (exact) mass is 347 g/mol. The molecule has 0 unspecified atom stereocenters. The van der Waals surface area contributed by atoms with Crippen molar-refractivity contribution in [2.75, 3.05) is 23.3 Å². The third-order valence-electron chi connectivity index (χ3n) is 4.69. The van der Waals surface area contributed by atoms with E-state index in [-0.39, 0.29) is 0 Å². The molecule has 1 N–H and O–H groups in total. The summed E-state index contributed by atoms with van der Waals surface area (Å²) in [6.07, 6.45) is 10.8. The number of aryl methyl sites for hydroxylation is 1. The third kappa shape index (κ3) is 3.46. The number of aromatic nitrogens is 5. The zero-order valence-electron chi connectivity index (χ0n) is 14.7. The molecular weight excluding hydrogens is 326 g/mol. The van der Waals surface area contributed by atoms with E-state index in [4.69, 9.17) is 0 Å². The molecule has 0 saturated carbocycles. The van der Waals surface area contributed by atoms with Gasteiger partial charge < -0.3 is 10.2 Å². The minimum absolute atomic E-state index is 0.357. The largest absolute Gasteiger partial charge is 0.341 e. The number of piperidine rings is 1. The first-order valence-electron chi connectivity index (χ1n) is 8.83. The average Bonchev–Trinajstić information content (AvgIpc) is 2.71. The van der Waals surface area contributed by atoms with Crippen LogP contribution in [0.4, 0.5) is 17.6 Å². The second kappa shape index (κ2) is 7.43. The number of rotatable bonds is 4. The van der Waals surface area contributed by atoms with Crippen LogP contribution in [0.3, 0.4) is 0 Å². The lowest BCUT2D eigenvalue weighted by Gasteiger charge is -2.32. The van der Waals surface area contributed by atoms with Crippen molar-refractivity contribution in [1.82, 2.24) is 24.9 Å². The molecule has 132 valence electrons. The highest BCUT2D eigenvalue weighted by atomic mass is 15.2. The van der Waals surface area contributed by atoms with Crippen LogP contribution in [-0.2, 0) is 0 Å². The first kappa shape index (κ1) is 16.4. The highest BCUT2D eigenvalue weighted by molar-refractivity contribution is 5.58. The van der Waals surface area contributed by atoms with E-state index >= 15 is 0 Å². The van der Waals surface area contributed by atoms with Gasteiger partial charge in [0.05, 0.1) is 5.69 Å². The predicted molar refractivity (Wildman–Crippen MR) is 101 cm³/mol. The summed E-state index contributed by atoms with van der Waals surface area (Å²) in [5.74, 6) is 2.77. The fraction of sp³-hybridized carbons (Fsp3) is 0.316. The predicted octanol–water partition coefficient (Wildman–Crippen LogP) is 3.10. The van der Waals surface area contributed by atoms with Crippen LogP contribution in [0.2, 0.25) is 0 Å². The molecule has 1 aliphatic heterocycles. The molecule has 0 amide bonds. The molecule has 4 heterocycles. The van der Waals surface area contributed by atoms with E-state index < -0.39 is 0 Å². The van der Waals surface area contributed by atoms with Crippen molar-refractivity contribution in [3.63, 3.8) is 0 Å². The lowest BCUT2D eigenvalue weighted by molar-refractivity contribution is 0.490. The van der Waals surface area contributed by atoms with Crippen LogP contribution >= 0.6 is 0 Å². The van der Waals surface area contributed by atoms with Crippen LogP contribution in [0.15, 0.2) is 49.2 Å². The standard InChI is InChI=1S/C19H21N7/c1-14-4-2-7-21-17(14)25-18-16(20-10-11-22-18)15-5-12-26(13-6-15)19-23-8-3-9-24-19/h2-4,7-11,15H,5-6,12-13H2,1H3,(H,21,22,25). The summed E-state index contributed by atoms with van der Waals surface area (Å²) in [6.45, 7) is 3.85. The zero-order chi connectivity index (χ0) is 17.8. The third-order valence-corrected chi connectivity index (χ3v) is 4.69. The fourth-order valence-corrected chi connectivity index (χ4v) is 3.28. The summed E-state index contributed by atoms with van der Waals surface area (Å²) >= 11 is 0. The fourth-order valence-electron chi connectivity index (χ4n) is 3.28. The molecule has 7 heteroatoms. The number of pyridine rings is 1. The van der Waals surface area contributed by atoms with E-state index in [9.17, 15) is 0 Å². The topological polar surface area (TPSA) is 79.7 Å². The van der Waals surface area contributed by atoms with Crippen molar-refractivity contribution >= 4 is 17.6 Å². The normalized spacial score (nSPS) is 15.0. The Hall–Kier alpha value is -3.09. The first-order chi connectivity index (χ1) is 12.8. The molecule has 0 bridgehead atoms. The summed E-state index contributed by atoms with van der Waals surface area (Å²) in [4.78, 5) is 24.5. The minimum atomic E-state index is 0.357. The molecule has 3 aromatic rings. The SMILES string of the molecule is Cc1cccnc1Nc1nccnc1C1CCN(c2ncccn2)CC1. The summed E-state index contributed by atoms with van der Waals surface area (Å²) in [5, 5.41) is 3.36. The van der Waals surface area contributed by atoms with E-state index in [1.54, 1.807) is 31.0 Å². The number of hydrogen-bond acceptors (Lipinski definition) is 7. The van der Waals surface area contributed by atoms with Gasteiger partial charge in [-0.05, 0) is 37.5 Å². The average molecular weight is 347 g/mol. The molecule has 7 nitrogen and oxygen atoms in total. The number of nitrogens with one attached hydrogen (secondary N) is 1. The van der Waals surface area contributed by atoms with E-state index in [1.807, 2.05) is 25.1 Å². The molecule has 1 fully saturated rings. The van der Waals surface area contributed by atoms with Crippen LogP contribution < -0.4 is 10.2 Å². The van der Waals surface area contributed by atoms with Gasteiger partial charge >= 0.3 is 0 Å². The Morgan fingerprint density at radius 1 is 0.846 bits per heavy atom. The number of nitrogens with zero attached hydrogens (tertiary/aromatic N) is 6. The maximum atomic E-state index is 4.62. The molecule has 3 aromatic heterocycles. The maximum Gasteiger partial charge on any atom is 0.225 e. The van der Waals surface area contributed by atoms with Crippen LogP contribution in [0, 0.1) is 6.92 Å². The molecule has 0 aromatic carbocycles. The smallest absolute Gasteiger partial charge is 0.225 e. The Morgan fingerprint density at radius 2 is 1.54 bits per heavy atom. The van der Waals surface area contributed by atoms with Gasteiger partial charge in [-0.1, -0.05) is 6.07 Å². The van der Waals surface area contributed by atoms with E-state index in [2.05, 4.69) is 35.1 Å². The maximum absolute atomic E-state index is 4.62. The highest BCUT2D eigenvalue weighted by Gasteiger charge is 2.25. The molecule has 0 spiro atoms. The van der Waals surface area contributed by atoms with Gasteiger partial charge in [-0.25, -0.2) is 19.9 Å². The quantitative estimate of drug-likeness (QED) is 0.777. The summed E-state index contributed by atoms with van der Waals surface area (Å²) in [6, 6.07) is 5.80. The van der Waals surface area contributed by atoms with Gasteiger partial charge in [0.1, 0.15) is 5.82 Å². The van der Waals surface area contributed by atoms with Crippen molar-refractivity contribution in [2.24, 2.45) is 0 Å². The summed E-state index contributed by atoms with van der Waals surface area (Å²) in [5.41, 5.74) is 2.09. The Balaban J connectivity index is 1.50. The van der Waals surface area contributed by atoms with Crippen molar-refractivity contribution in [3.05, 3.63) is 60.4 Å². The van der Waals surface area contributed by atoms with Crippen LogP contribution in [-0.4, -0.2) is 38.0 Å². The zero-order valence-corrected chi connectivity index (χ0v) is 14.7. The molecule has 1 saturated heterocycles. The van der Waals surface area contributed by atoms with Crippen molar-refractivity contribution in [2.45, 2.75) is 25.7 Å². The summed E-state index contributed by atoms with van der Waals surface area (Å²) in [7, 11) is 0. The minimum Gasteiger partial charge on any atom is -0.341 e. The Labute approximate surface area is 152 Å². The number of hydrogen-bond donors (Lipinski definition) is 1. The van der Waals surface area contributed by atoms with Gasteiger partial charge in [0.15, 0.2) is 5.82 Å². The first-order valence-corrected chi connectivity index (χ1v) is 8.83. The van der Waals surface area contributed by atoms with Crippen LogP contribution in [0.5, 0.6) is 0 Å². The van der Waals surface area contributed by atoms with Crippen molar-refractivity contribution in [1.29, 1.82) is 0 Å². The second-order valence-electron chi connectivity index (χ2n) is 6.39. The van der Waals surface area contributed by atoms with Crippen LogP contribution in [0.25, 0.3) is 0 Å². The molecule has 4 rings (SSSR count). The molecule has 26 heavy (non-hydrogen) atoms. The summed E-state index contributed by atoms with van der Waals surface area (Å²) < 4.78 is 0. The van der Waals surface area contributed by atoms with Gasteiger partial charge in [-0.15, -0.1) is 0 Å². The van der Waals surface area contributed by atoms with Gasteiger partial charge in [0.25, 0.3) is 0 Å². The van der Waals surface area contributed by atoms with Gasteiger partial charge in [-0.2, -0.15) is 0 Å². The Bertz CT molecular complexity index is 861. The molecule has 0 aliphatic carbocycles. The molecule has 1 aliphatic rings. The van der Waals surface area contributed by atoms with Gasteiger partial charge in [-0.3, -0.25) is 4.98 Å². The van der Waals surface area contributed by atoms with E-state index in [1.165, 1.54) is 0 Å². The lowest BCUT2D eigenvalue weighted by Crippen LogP contribution is -2.34. The second-order valence-corrected chi connectivity index (χ2v) is 6.39. The lowest BCUT2D eigenvalue weighted by atomic mass is 9.93. The molecular formula is C19H21N7.